The van der Waals surface area contributed by atoms with E-state index >= 15 is 0 Å². The Hall–Kier alpha value is -1.57. The average Bonchev–Trinajstić information content (AvgIpc) is 2.65. The first-order valence-corrected chi connectivity index (χ1v) is 5.42. The van der Waals surface area contributed by atoms with Crippen molar-refractivity contribution in [2.45, 2.75) is 6.92 Å². The molecule has 2 heterocycles. The lowest BCUT2D eigenvalue weighted by atomic mass is 10.1. The Morgan fingerprint density at radius 2 is 2.19 bits per heavy atom. The predicted octanol–water partition coefficient (Wildman–Crippen LogP) is 1.88. The molecular weight excluding hydrogens is 219 g/mol. The minimum absolute atomic E-state index is 0.685. The van der Waals surface area contributed by atoms with Gasteiger partial charge in [-0.15, -0.1) is 0 Å². The Kier molecular flexibility index (Phi) is 2.10. The van der Waals surface area contributed by atoms with E-state index in [0.717, 1.165) is 27.8 Å². The number of aromatic nitrogens is 2. The van der Waals surface area contributed by atoms with Crippen molar-refractivity contribution in [2.24, 2.45) is 0 Å². The van der Waals surface area contributed by atoms with Crippen molar-refractivity contribution in [3.05, 3.63) is 30.2 Å². The summed E-state index contributed by atoms with van der Waals surface area (Å²) in [5.41, 5.74) is 3.37. The summed E-state index contributed by atoms with van der Waals surface area (Å²) in [5.74, 6) is 0.797. The number of benzene rings is 1. The number of hydrogen-bond donors (Lipinski definition) is 0. The van der Waals surface area contributed by atoms with Crippen molar-refractivity contribution >= 4 is 38.7 Å². The van der Waals surface area contributed by atoms with Gasteiger partial charge in [-0.2, -0.15) is 0 Å². The van der Waals surface area contributed by atoms with Gasteiger partial charge < -0.3 is 8.21 Å². The van der Waals surface area contributed by atoms with Crippen LogP contribution in [-0.4, -0.2) is 26.6 Å². The average molecular weight is 227 g/mol. The Morgan fingerprint density at radius 3 is 3.00 bits per heavy atom. The van der Waals surface area contributed by atoms with E-state index in [1.807, 2.05) is 19.1 Å². The van der Waals surface area contributed by atoms with Crippen molar-refractivity contribution in [1.82, 2.24) is 9.97 Å². The van der Waals surface area contributed by atoms with Gasteiger partial charge in [-0.05, 0) is 24.6 Å². The molecule has 0 unspecified atom stereocenters. The maximum atomic E-state index is 5.67. The fourth-order valence-electron chi connectivity index (χ4n) is 1.85. The molecule has 3 rings (SSSR count). The van der Waals surface area contributed by atoms with Crippen LogP contribution in [0.2, 0.25) is 0 Å². The monoisotopic (exact) mass is 227 g/mol. The molecule has 0 saturated carbocycles. The highest BCUT2D eigenvalue weighted by Gasteiger charge is 2.12. The number of rotatable bonds is 1. The molecule has 0 aliphatic rings. The lowest BCUT2D eigenvalue weighted by Gasteiger charge is -2.04. The van der Waals surface area contributed by atoms with Gasteiger partial charge in [0.15, 0.2) is 5.58 Å². The highest BCUT2D eigenvalue weighted by Crippen LogP contribution is 2.34. The van der Waals surface area contributed by atoms with Gasteiger partial charge in [0, 0.05) is 0 Å². The molecule has 4 nitrogen and oxygen atoms in total. The summed E-state index contributed by atoms with van der Waals surface area (Å²) in [6.45, 7) is 2.00. The van der Waals surface area contributed by atoms with Crippen LogP contribution in [0.5, 0.6) is 5.75 Å². The maximum absolute atomic E-state index is 5.67. The smallest absolute Gasteiger partial charge is 0.494 e. The van der Waals surface area contributed by atoms with Crippen LogP contribution in [0.15, 0.2) is 29.1 Å². The summed E-state index contributed by atoms with van der Waals surface area (Å²) >= 11 is 1.45. The maximum Gasteiger partial charge on any atom is 0.494 e. The second-order valence-electron chi connectivity index (χ2n) is 3.62. The van der Waals surface area contributed by atoms with Gasteiger partial charge in [-0.1, -0.05) is 0 Å². The first-order valence-electron chi connectivity index (χ1n) is 4.84. The summed E-state index contributed by atoms with van der Waals surface area (Å²) in [7, 11) is 0. The third-order valence-corrected chi connectivity index (χ3v) is 2.81. The van der Waals surface area contributed by atoms with Gasteiger partial charge in [0.25, 0.3) is 0 Å². The zero-order valence-electron chi connectivity index (χ0n) is 8.73. The van der Waals surface area contributed by atoms with E-state index in [-0.39, 0.29) is 0 Å². The van der Waals surface area contributed by atoms with Gasteiger partial charge in [-0.3, -0.25) is 0 Å². The molecule has 0 fully saturated rings. The normalized spacial score (nSPS) is 11.1. The lowest BCUT2D eigenvalue weighted by Crippen LogP contribution is -1.87. The molecular formula is C11H8AlN2O2. The van der Waals surface area contributed by atoms with E-state index < -0.39 is 0 Å². The van der Waals surface area contributed by atoms with E-state index in [9.17, 15) is 0 Å². The Balaban J connectivity index is 2.55. The fraction of sp³-hybridized carbons (Fsp3) is 0.0909. The van der Waals surface area contributed by atoms with Gasteiger partial charge in [0.1, 0.15) is 17.4 Å². The minimum Gasteiger partial charge on any atom is -0.650 e. The topological polar surface area (TPSA) is 48.2 Å². The van der Waals surface area contributed by atoms with Crippen LogP contribution < -0.4 is 3.79 Å². The van der Waals surface area contributed by atoms with Crippen LogP contribution in [0.4, 0.5) is 0 Å². The van der Waals surface area contributed by atoms with E-state index in [4.69, 9.17) is 8.21 Å². The zero-order valence-corrected chi connectivity index (χ0v) is 10.1. The highest BCUT2D eigenvalue weighted by atomic mass is 27.1. The molecule has 0 saturated heterocycles. The second kappa shape index (κ2) is 3.48. The molecule has 0 spiro atoms. The molecule has 0 amide bonds. The number of hydrogen-bond acceptors (Lipinski definition) is 4. The van der Waals surface area contributed by atoms with Gasteiger partial charge in [-0.25, -0.2) is 9.97 Å². The summed E-state index contributed by atoms with van der Waals surface area (Å²) in [6, 6.07) is 3.95. The predicted molar refractivity (Wildman–Crippen MR) is 61.8 cm³/mol. The largest absolute Gasteiger partial charge is 0.650 e. The van der Waals surface area contributed by atoms with Crippen molar-refractivity contribution in [1.29, 1.82) is 0 Å². The summed E-state index contributed by atoms with van der Waals surface area (Å²) in [4.78, 5) is 8.17. The summed E-state index contributed by atoms with van der Waals surface area (Å²) in [6.07, 6.45) is 3.18. The van der Waals surface area contributed by atoms with E-state index in [1.165, 1.54) is 23.0 Å². The lowest BCUT2D eigenvalue weighted by molar-refractivity contribution is 0.620. The van der Waals surface area contributed by atoms with Crippen LogP contribution in [0.1, 0.15) is 5.56 Å². The quantitative estimate of drug-likeness (QED) is 0.595. The number of nitrogens with zero attached hydrogens (tertiary/aromatic N) is 2. The van der Waals surface area contributed by atoms with E-state index in [1.54, 1.807) is 6.20 Å². The van der Waals surface area contributed by atoms with Crippen LogP contribution in [-0.2, 0) is 0 Å². The van der Waals surface area contributed by atoms with E-state index in [2.05, 4.69) is 9.97 Å². The molecule has 0 atom stereocenters. The highest BCUT2D eigenvalue weighted by molar-refractivity contribution is 6.09. The van der Waals surface area contributed by atoms with Crippen molar-refractivity contribution in [2.75, 3.05) is 0 Å². The SMILES string of the molecule is Cc1cc([O][AlH])c2c(c1)oc1cncnc12. The second-order valence-corrected chi connectivity index (χ2v) is 3.91. The van der Waals surface area contributed by atoms with Crippen LogP contribution >= 0.6 is 0 Å². The van der Waals surface area contributed by atoms with Crippen LogP contribution in [0.25, 0.3) is 22.1 Å². The summed E-state index contributed by atoms with van der Waals surface area (Å²) < 4.78 is 11.1. The molecule has 1 aromatic carbocycles. The third kappa shape index (κ3) is 1.29. The molecule has 2 aromatic heterocycles. The molecule has 77 valence electrons. The molecule has 1 radical (unpaired) electrons. The van der Waals surface area contributed by atoms with Crippen molar-refractivity contribution in [3.8, 4) is 5.75 Å². The van der Waals surface area contributed by atoms with Crippen LogP contribution in [0, 0.1) is 6.92 Å². The fourth-order valence-corrected chi connectivity index (χ4v) is 2.07. The minimum atomic E-state index is 0.685. The molecule has 0 N–H and O–H groups in total. The summed E-state index contributed by atoms with van der Waals surface area (Å²) in [5, 5.41) is 0.915. The first-order chi connectivity index (χ1) is 7.79. The standard InChI is InChI=1S/C11H8N2O2.Al.H/c1-6-2-7(14)10-8(3-6)15-9-4-12-5-13-11(9)10;;/h2-5,14H,1H3;;/q;+1;/p-1. The van der Waals surface area contributed by atoms with Crippen LogP contribution in [0.3, 0.4) is 0 Å². The van der Waals surface area contributed by atoms with Gasteiger partial charge >= 0.3 is 16.6 Å². The van der Waals surface area contributed by atoms with E-state index in [0.29, 0.717) is 5.58 Å². The molecule has 0 bridgehead atoms. The Morgan fingerprint density at radius 1 is 1.31 bits per heavy atom. The number of aryl methyl sites for hydroxylation is 1. The van der Waals surface area contributed by atoms with Crippen molar-refractivity contribution in [3.63, 3.8) is 0 Å². The molecule has 16 heavy (non-hydrogen) atoms. The van der Waals surface area contributed by atoms with Gasteiger partial charge in [0.05, 0.1) is 17.3 Å². The Labute approximate surface area is 100 Å². The molecule has 3 aromatic rings. The molecule has 0 aliphatic carbocycles. The number of furan rings is 1. The third-order valence-electron chi connectivity index (χ3n) is 2.50. The molecule has 5 heteroatoms. The number of fused-ring (bicyclic) bond motifs is 3. The van der Waals surface area contributed by atoms with Gasteiger partial charge in [0.2, 0.25) is 0 Å². The zero-order chi connectivity index (χ0) is 11.1. The van der Waals surface area contributed by atoms with Crippen molar-refractivity contribution < 1.29 is 8.21 Å². The Bertz CT molecular complexity index is 678. The molecule has 0 aliphatic heterocycles. The first kappa shape index (κ1) is 9.64.